The Labute approximate surface area is 351 Å². The van der Waals surface area contributed by atoms with Crippen LogP contribution in [0.4, 0.5) is 0 Å². The summed E-state index contributed by atoms with van der Waals surface area (Å²) in [6.07, 6.45) is 19.6. The smallest absolute Gasteiger partial charge is 0.297 e. The molecule has 2 atom stereocenters. The maximum absolute atomic E-state index is 11.6. The number of unbranched alkanes of at least 4 members (excludes halogenated alkanes) is 10. The fourth-order valence-electron chi connectivity index (χ4n) is 5.75. The Morgan fingerprint density at radius 2 is 1.14 bits per heavy atom. The van der Waals surface area contributed by atoms with Crippen molar-refractivity contribution in [2.75, 3.05) is 46.2 Å². The maximum Gasteiger partial charge on any atom is 0.297 e. The minimum Gasteiger partial charge on any atom is -0.494 e. The Kier molecular flexibility index (Phi) is 28.9. The first-order valence-corrected chi connectivity index (χ1v) is 23.5. The molecule has 0 spiro atoms. The van der Waals surface area contributed by atoms with Crippen molar-refractivity contribution in [2.24, 2.45) is 0 Å². The average molecular weight is 829 g/mol. The summed E-state index contributed by atoms with van der Waals surface area (Å²) >= 11 is 0. The fourth-order valence-corrected chi connectivity index (χ4v) is 6.69. The van der Waals surface area contributed by atoms with E-state index >= 15 is 0 Å². The van der Waals surface area contributed by atoms with E-state index in [1.165, 1.54) is 75.3 Å². The summed E-state index contributed by atoms with van der Waals surface area (Å²) in [5, 5.41) is 18.2. The zero-order valence-corrected chi connectivity index (χ0v) is 37.0. The van der Waals surface area contributed by atoms with Gasteiger partial charge in [0.2, 0.25) is 0 Å². The molecule has 328 valence electrons. The quantitative estimate of drug-likeness (QED) is 0.0384. The number of benzene rings is 3. The van der Waals surface area contributed by atoms with E-state index in [-0.39, 0.29) is 30.3 Å². The van der Waals surface area contributed by atoms with Crippen LogP contribution in [-0.4, -0.2) is 77.1 Å². The lowest BCUT2D eigenvalue weighted by molar-refractivity contribution is 0.0342. The van der Waals surface area contributed by atoms with Gasteiger partial charge in [0.1, 0.15) is 17.6 Å². The Bertz CT molecular complexity index is 1490. The number of aliphatic hydroxyl groups is 2. The lowest BCUT2D eigenvalue weighted by Gasteiger charge is -2.09. The van der Waals surface area contributed by atoms with Crippen molar-refractivity contribution in [2.45, 2.75) is 154 Å². The van der Waals surface area contributed by atoms with Gasteiger partial charge in [0.05, 0.1) is 44.0 Å². The van der Waals surface area contributed by atoms with E-state index in [9.17, 15) is 13.5 Å². The van der Waals surface area contributed by atoms with Crippen LogP contribution in [0.25, 0.3) is 0 Å². The lowest BCUT2D eigenvalue weighted by atomic mass is 10.1. The van der Waals surface area contributed by atoms with Crippen LogP contribution in [0.3, 0.4) is 0 Å². The van der Waals surface area contributed by atoms with Crippen LogP contribution in [0, 0.1) is 6.92 Å². The molecule has 10 heteroatoms. The number of aliphatic hydroxyl groups excluding tert-OH is 2. The molecule has 3 aromatic rings. The van der Waals surface area contributed by atoms with Crippen molar-refractivity contribution in [3.8, 4) is 11.5 Å². The number of hydrogen-bond acceptors (Lipinski definition) is 9. The molecule has 0 aliphatic carbocycles. The van der Waals surface area contributed by atoms with Gasteiger partial charge in [-0.25, -0.2) is 0 Å². The Morgan fingerprint density at radius 3 is 1.60 bits per heavy atom. The average Bonchev–Trinajstić information content (AvgIpc) is 4.08. The topological polar surface area (TPSA) is 124 Å². The first-order chi connectivity index (χ1) is 28.2. The Morgan fingerprint density at radius 1 is 0.655 bits per heavy atom. The lowest BCUT2D eigenvalue weighted by Crippen LogP contribution is -2.14. The van der Waals surface area contributed by atoms with Crippen LogP contribution in [-0.2, 0) is 36.6 Å². The van der Waals surface area contributed by atoms with E-state index in [1.54, 1.807) is 24.3 Å². The van der Waals surface area contributed by atoms with Crippen LogP contribution >= 0.6 is 0 Å². The number of ether oxygens (including phenoxy) is 4. The Hall–Kier alpha value is -2.99. The first kappa shape index (κ1) is 51.2. The second-order valence-electron chi connectivity index (χ2n) is 15.1. The van der Waals surface area contributed by atoms with Crippen molar-refractivity contribution in [3.05, 3.63) is 89.5 Å². The van der Waals surface area contributed by atoms with Crippen molar-refractivity contribution in [1.82, 2.24) is 0 Å². The monoisotopic (exact) mass is 829 g/mol. The summed E-state index contributed by atoms with van der Waals surface area (Å²) in [4.78, 5) is 0.189. The molecule has 58 heavy (non-hydrogen) atoms. The normalized spacial score (nSPS) is 13.8. The molecule has 1 aliphatic rings. The highest BCUT2D eigenvalue weighted by Crippen LogP contribution is 2.18. The molecule has 1 saturated heterocycles. The standard InChI is InChI=1S/C21H36O3.C17H28O2.C10H12O4S/c1-3-5-6-7-8-9-17-24-21-14-12-19(13-15-21)11-10-16-23-18-20(22)4-2;1-2-3-4-5-6-7-15-19-17-12-10-16(11-13-17)9-8-14-18;1-8-2-4-10(5-3-8)15(11,12)14-7-9-6-13-9/h12-15,20,22H,3-11,16-18H2,1-2H3;10-13,18H,2-9,14-15H2,1H3;2-5,9H,6-7H2,1H3/t20-;;9-/m1.1/s1. The van der Waals surface area contributed by atoms with Crippen molar-refractivity contribution in [3.63, 3.8) is 0 Å². The zero-order valence-electron chi connectivity index (χ0n) is 36.2. The highest BCUT2D eigenvalue weighted by atomic mass is 32.2. The van der Waals surface area contributed by atoms with Crippen molar-refractivity contribution < 1.29 is 41.8 Å². The second kappa shape index (κ2) is 32.8. The number of rotatable bonds is 30. The van der Waals surface area contributed by atoms with E-state index < -0.39 is 10.1 Å². The van der Waals surface area contributed by atoms with Crippen LogP contribution in [0.1, 0.15) is 134 Å². The van der Waals surface area contributed by atoms with Gasteiger partial charge in [-0.3, -0.25) is 4.18 Å². The molecule has 1 aliphatic heterocycles. The molecule has 4 rings (SSSR count). The molecule has 0 unspecified atom stereocenters. The molecule has 2 N–H and O–H groups in total. The highest BCUT2D eigenvalue weighted by Gasteiger charge is 2.26. The molecule has 1 heterocycles. The largest absolute Gasteiger partial charge is 0.494 e. The van der Waals surface area contributed by atoms with Gasteiger partial charge in [0.15, 0.2) is 0 Å². The van der Waals surface area contributed by atoms with E-state index in [0.29, 0.717) is 19.8 Å². The molecular weight excluding hydrogens is 753 g/mol. The summed E-state index contributed by atoms with van der Waals surface area (Å²) < 4.78 is 49.9. The number of epoxide rings is 1. The molecule has 0 bridgehead atoms. The van der Waals surface area contributed by atoms with E-state index in [1.807, 2.05) is 26.0 Å². The second-order valence-corrected chi connectivity index (χ2v) is 16.7. The van der Waals surface area contributed by atoms with Crippen LogP contribution in [0.15, 0.2) is 77.7 Å². The summed E-state index contributed by atoms with van der Waals surface area (Å²) in [7, 11) is -3.61. The fraction of sp³-hybridized carbons (Fsp3) is 0.625. The van der Waals surface area contributed by atoms with Crippen molar-refractivity contribution in [1.29, 1.82) is 0 Å². The highest BCUT2D eigenvalue weighted by molar-refractivity contribution is 7.86. The molecule has 9 nitrogen and oxygen atoms in total. The van der Waals surface area contributed by atoms with Gasteiger partial charge in [0.25, 0.3) is 10.1 Å². The van der Waals surface area contributed by atoms with Gasteiger partial charge in [-0.05, 0) is 99.4 Å². The Balaban J connectivity index is 0.000000308. The molecule has 1 fully saturated rings. The predicted octanol–water partition coefficient (Wildman–Crippen LogP) is 10.6. The maximum atomic E-state index is 11.6. The third-order valence-corrected chi connectivity index (χ3v) is 11.0. The van der Waals surface area contributed by atoms with Gasteiger partial charge in [-0.2, -0.15) is 8.42 Å². The van der Waals surface area contributed by atoms with Crippen LogP contribution in [0.5, 0.6) is 11.5 Å². The molecular formula is C48H76O9S. The zero-order chi connectivity index (χ0) is 42.1. The van der Waals surface area contributed by atoms with E-state index in [4.69, 9.17) is 28.2 Å². The van der Waals surface area contributed by atoms with Gasteiger partial charge < -0.3 is 29.2 Å². The third kappa shape index (κ3) is 26.2. The molecule has 3 aromatic carbocycles. The van der Waals surface area contributed by atoms with Crippen molar-refractivity contribution >= 4 is 10.1 Å². The van der Waals surface area contributed by atoms with Gasteiger partial charge in [-0.15, -0.1) is 0 Å². The minimum absolute atomic E-state index is 0.0507. The summed E-state index contributed by atoms with van der Waals surface area (Å²) in [5.74, 6) is 1.93. The molecule has 0 saturated carbocycles. The van der Waals surface area contributed by atoms with E-state index in [0.717, 1.165) is 75.2 Å². The van der Waals surface area contributed by atoms with Gasteiger partial charge in [0, 0.05) is 13.2 Å². The molecule has 0 radical (unpaired) electrons. The summed E-state index contributed by atoms with van der Waals surface area (Å²) in [6.45, 7) is 12.1. The predicted molar refractivity (Wildman–Crippen MR) is 236 cm³/mol. The van der Waals surface area contributed by atoms with Gasteiger partial charge >= 0.3 is 0 Å². The summed E-state index contributed by atoms with van der Waals surface area (Å²) in [6, 6.07) is 23.2. The SMILES string of the molecule is CCCCCCCCOc1ccc(CCCO)cc1.CCCCCCCCOc1ccc(CCCOC[C@H](O)CC)cc1.Cc1ccc(S(=O)(=O)OC[C@H]2CO2)cc1. The molecule has 0 aromatic heterocycles. The van der Waals surface area contributed by atoms with Gasteiger partial charge in [-0.1, -0.05) is 127 Å². The first-order valence-electron chi connectivity index (χ1n) is 22.1. The summed E-state index contributed by atoms with van der Waals surface area (Å²) in [5.41, 5.74) is 3.59. The van der Waals surface area contributed by atoms with Crippen LogP contribution in [0.2, 0.25) is 0 Å². The molecule has 0 amide bonds. The number of aryl methyl sites for hydroxylation is 3. The third-order valence-electron chi connectivity index (χ3n) is 9.66. The number of hydrogen-bond donors (Lipinski definition) is 2. The van der Waals surface area contributed by atoms with E-state index in [2.05, 4.69) is 50.2 Å². The van der Waals surface area contributed by atoms with Crippen LogP contribution < -0.4 is 9.47 Å². The minimum atomic E-state index is -3.61.